The second-order valence-electron chi connectivity index (χ2n) is 10.6. The molecule has 0 N–H and O–H groups in total. The summed E-state index contributed by atoms with van der Waals surface area (Å²) in [4.78, 5) is 14.7. The van der Waals surface area contributed by atoms with Crippen LogP contribution in [0.4, 0.5) is 0 Å². The third-order valence-corrected chi connectivity index (χ3v) is 6.74. The number of rotatable bonds is 13. The number of benzene rings is 3. The van der Waals surface area contributed by atoms with E-state index in [4.69, 9.17) is 9.47 Å². The van der Waals surface area contributed by atoms with Gasteiger partial charge in [0.25, 0.3) is 0 Å². The highest BCUT2D eigenvalue weighted by atomic mass is 16.5. The lowest BCUT2D eigenvalue weighted by Crippen LogP contribution is -2.38. The Morgan fingerprint density at radius 3 is 1.97 bits per heavy atom. The van der Waals surface area contributed by atoms with Gasteiger partial charge in [0.1, 0.15) is 19.0 Å². The van der Waals surface area contributed by atoms with Crippen molar-refractivity contribution in [3.63, 3.8) is 0 Å². The first-order valence-electron chi connectivity index (χ1n) is 13.5. The molecular weight excluding hydrogens is 458 g/mol. The van der Waals surface area contributed by atoms with Crippen molar-refractivity contribution >= 4 is 5.97 Å². The molecule has 1 unspecified atom stereocenters. The average molecular weight is 502 g/mol. The zero-order valence-corrected chi connectivity index (χ0v) is 23.3. The molecule has 0 saturated heterocycles. The molecule has 37 heavy (non-hydrogen) atoms. The fraction of sp³-hybridized carbons (Fsp3) is 0.424. The summed E-state index contributed by atoms with van der Waals surface area (Å²) >= 11 is 0. The quantitative estimate of drug-likeness (QED) is 0.226. The molecule has 0 radical (unpaired) electrons. The highest BCUT2D eigenvalue weighted by Crippen LogP contribution is 2.36. The van der Waals surface area contributed by atoms with Crippen molar-refractivity contribution in [1.29, 1.82) is 0 Å². The van der Waals surface area contributed by atoms with E-state index in [9.17, 15) is 4.79 Å². The maximum Gasteiger partial charge on any atom is 0.308 e. The van der Waals surface area contributed by atoms with Gasteiger partial charge >= 0.3 is 5.97 Å². The third-order valence-electron chi connectivity index (χ3n) is 6.74. The van der Waals surface area contributed by atoms with Crippen LogP contribution in [0.25, 0.3) is 0 Å². The van der Waals surface area contributed by atoms with E-state index >= 15 is 0 Å². The molecule has 0 bridgehead atoms. The fourth-order valence-electron chi connectivity index (χ4n) is 4.73. The zero-order valence-electron chi connectivity index (χ0n) is 23.3. The number of carbonyl (C=O) groups excluding carboxylic acids is 1. The van der Waals surface area contributed by atoms with Gasteiger partial charge in [0.15, 0.2) is 0 Å². The van der Waals surface area contributed by atoms with E-state index in [0.29, 0.717) is 18.7 Å². The Bertz CT molecular complexity index is 1090. The fourth-order valence-corrected chi connectivity index (χ4v) is 4.73. The van der Waals surface area contributed by atoms with E-state index < -0.39 is 0 Å². The molecule has 3 aromatic carbocycles. The minimum Gasteiger partial charge on any atom is -0.489 e. The molecule has 1 atom stereocenters. The normalized spacial score (nSPS) is 12.4. The Hall–Kier alpha value is -3.11. The van der Waals surface area contributed by atoms with Gasteiger partial charge in [-0.2, -0.15) is 0 Å². The van der Waals surface area contributed by atoms with Crippen LogP contribution in [-0.4, -0.2) is 29.5 Å². The van der Waals surface area contributed by atoms with E-state index in [1.54, 1.807) is 0 Å². The number of hydrogen-bond donors (Lipinski definition) is 0. The molecule has 0 aliphatic heterocycles. The summed E-state index contributed by atoms with van der Waals surface area (Å²) < 4.78 is 12.0. The third kappa shape index (κ3) is 8.46. The minimum atomic E-state index is -0.185. The molecule has 0 aromatic heterocycles. The average Bonchev–Trinajstić information content (AvgIpc) is 2.89. The maximum absolute atomic E-state index is 12.1. The Kier molecular flexibility index (Phi) is 10.8. The Morgan fingerprint density at radius 2 is 1.38 bits per heavy atom. The lowest BCUT2D eigenvalue weighted by atomic mass is 9.86. The molecule has 0 heterocycles. The van der Waals surface area contributed by atoms with Crippen LogP contribution in [0.3, 0.4) is 0 Å². The highest BCUT2D eigenvalue weighted by Gasteiger charge is 2.23. The van der Waals surface area contributed by atoms with Crippen LogP contribution in [0.1, 0.15) is 76.1 Å². The van der Waals surface area contributed by atoms with Crippen LogP contribution in [-0.2, 0) is 22.7 Å². The topological polar surface area (TPSA) is 38.8 Å². The number of esters is 1. The van der Waals surface area contributed by atoms with Gasteiger partial charge in [-0.25, -0.2) is 0 Å². The summed E-state index contributed by atoms with van der Waals surface area (Å²) in [6, 6.07) is 28.0. The molecular formula is C33H43NO3. The van der Waals surface area contributed by atoms with E-state index in [2.05, 4.69) is 81.1 Å². The molecule has 3 aromatic rings. The summed E-state index contributed by atoms with van der Waals surface area (Å²) in [5.41, 5.74) is 4.50. The predicted octanol–water partition coefficient (Wildman–Crippen LogP) is 7.61. The zero-order chi connectivity index (χ0) is 26.8. The standard InChI is InChI=1S/C33H43NO3/c1-24(2)33(35)37-23-28-17-18-32(36-22-27-13-9-7-10-14-27)31(21-28)30(29-15-11-8-12-16-29)19-20-34(25(3)4)26(5)6/h7-18,21,24-26,30H,19-20,22-23H2,1-6H3. The number of carbonyl (C=O) groups is 1. The first-order valence-corrected chi connectivity index (χ1v) is 13.5. The van der Waals surface area contributed by atoms with Gasteiger partial charge in [-0.3, -0.25) is 9.69 Å². The van der Waals surface area contributed by atoms with E-state index in [1.807, 2.05) is 44.2 Å². The van der Waals surface area contributed by atoms with Gasteiger partial charge in [-0.05, 0) is 69.5 Å². The van der Waals surface area contributed by atoms with Crippen LogP contribution >= 0.6 is 0 Å². The Balaban J connectivity index is 1.97. The van der Waals surface area contributed by atoms with Gasteiger partial charge < -0.3 is 9.47 Å². The molecule has 198 valence electrons. The van der Waals surface area contributed by atoms with Crippen LogP contribution in [0, 0.1) is 5.92 Å². The first kappa shape index (κ1) is 28.5. The van der Waals surface area contributed by atoms with Crippen molar-refractivity contribution in [2.75, 3.05) is 6.54 Å². The van der Waals surface area contributed by atoms with Gasteiger partial charge in [0.2, 0.25) is 0 Å². The Labute approximate surface area is 223 Å². The summed E-state index contributed by atoms with van der Waals surface area (Å²) in [6.45, 7) is 14.5. The van der Waals surface area contributed by atoms with Crippen molar-refractivity contribution in [3.8, 4) is 5.75 Å². The molecule has 4 heteroatoms. The predicted molar refractivity (Wildman–Crippen MR) is 152 cm³/mol. The number of nitrogens with zero attached hydrogens (tertiary/aromatic N) is 1. The highest BCUT2D eigenvalue weighted by molar-refractivity contribution is 5.71. The second-order valence-corrected chi connectivity index (χ2v) is 10.6. The molecule has 0 amide bonds. The first-order chi connectivity index (χ1) is 17.8. The minimum absolute atomic E-state index is 0.146. The molecule has 0 fully saturated rings. The van der Waals surface area contributed by atoms with Gasteiger partial charge in [0, 0.05) is 23.6 Å². The van der Waals surface area contributed by atoms with Crippen molar-refractivity contribution in [3.05, 3.63) is 101 Å². The van der Waals surface area contributed by atoms with Gasteiger partial charge in [-0.1, -0.05) is 80.6 Å². The Morgan fingerprint density at radius 1 is 0.757 bits per heavy atom. The lowest BCUT2D eigenvalue weighted by molar-refractivity contribution is -0.148. The van der Waals surface area contributed by atoms with Crippen LogP contribution in [0.2, 0.25) is 0 Å². The summed E-state index contributed by atoms with van der Waals surface area (Å²) in [6.07, 6.45) is 0.956. The molecule has 3 rings (SSSR count). The molecule has 4 nitrogen and oxygen atoms in total. The van der Waals surface area contributed by atoms with Crippen LogP contribution in [0.15, 0.2) is 78.9 Å². The molecule has 0 aliphatic carbocycles. The second kappa shape index (κ2) is 14.0. The number of ether oxygens (including phenoxy) is 2. The largest absolute Gasteiger partial charge is 0.489 e. The lowest BCUT2D eigenvalue weighted by Gasteiger charge is -2.32. The maximum atomic E-state index is 12.1. The summed E-state index contributed by atoms with van der Waals surface area (Å²) in [7, 11) is 0. The monoisotopic (exact) mass is 501 g/mol. The van der Waals surface area contributed by atoms with Crippen molar-refractivity contribution in [2.24, 2.45) is 5.92 Å². The van der Waals surface area contributed by atoms with E-state index in [-0.39, 0.29) is 24.4 Å². The molecule has 0 saturated carbocycles. The van der Waals surface area contributed by atoms with Crippen molar-refractivity contribution < 1.29 is 14.3 Å². The van der Waals surface area contributed by atoms with Gasteiger partial charge in [0.05, 0.1) is 5.92 Å². The number of hydrogen-bond acceptors (Lipinski definition) is 4. The van der Waals surface area contributed by atoms with E-state index in [0.717, 1.165) is 35.4 Å². The smallest absolute Gasteiger partial charge is 0.308 e. The van der Waals surface area contributed by atoms with E-state index in [1.165, 1.54) is 5.56 Å². The van der Waals surface area contributed by atoms with Gasteiger partial charge in [-0.15, -0.1) is 0 Å². The SMILES string of the molecule is CC(C)C(=O)OCc1ccc(OCc2ccccc2)c(C(CCN(C(C)C)C(C)C)c2ccccc2)c1. The summed E-state index contributed by atoms with van der Waals surface area (Å²) in [5.74, 6) is 0.683. The van der Waals surface area contributed by atoms with Crippen LogP contribution in [0.5, 0.6) is 5.75 Å². The molecule has 0 aliphatic rings. The molecule has 0 spiro atoms. The summed E-state index contributed by atoms with van der Waals surface area (Å²) in [5, 5.41) is 0. The van der Waals surface area contributed by atoms with Crippen LogP contribution < -0.4 is 4.74 Å². The van der Waals surface area contributed by atoms with Crippen molar-refractivity contribution in [1.82, 2.24) is 4.90 Å². The van der Waals surface area contributed by atoms with Crippen molar-refractivity contribution in [2.45, 2.75) is 79.2 Å².